The Morgan fingerprint density at radius 3 is 2.70 bits per heavy atom. The van der Waals surface area contributed by atoms with Gasteiger partial charge < -0.3 is 10.1 Å². The van der Waals surface area contributed by atoms with Crippen LogP contribution in [0, 0.1) is 5.92 Å². The monoisotopic (exact) mass is 396 g/mol. The van der Waals surface area contributed by atoms with Crippen molar-refractivity contribution in [3.8, 4) is 0 Å². The maximum atomic E-state index is 12.9. The van der Waals surface area contributed by atoms with Gasteiger partial charge in [0.05, 0.1) is 10.5 Å². The molecule has 1 aromatic carbocycles. The lowest BCUT2D eigenvalue weighted by Crippen LogP contribution is -2.41. The van der Waals surface area contributed by atoms with E-state index in [1.807, 2.05) is 20.8 Å². The van der Waals surface area contributed by atoms with Crippen molar-refractivity contribution < 1.29 is 22.7 Å². The minimum absolute atomic E-state index is 0.0648. The normalized spacial score (nSPS) is 18.3. The van der Waals surface area contributed by atoms with Gasteiger partial charge in [0.25, 0.3) is 5.91 Å². The number of carbonyl (C=O) groups is 2. The molecular weight excluding hydrogens is 368 g/mol. The van der Waals surface area contributed by atoms with Crippen LogP contribution in [0.25, 0.3) is 0 Å². The Balaban J connectivity index is 2.05. The predicted octanol–water partition coefficient (Wildman–Crippen LogP) is 2.18. The van der Waals surface area contributed by atoms with Crippen molar-refractivity contribution in [1.82, 2.24) is 9.62 Å². The van der Waals surface area contributed by atoms with Crippen LogP contribution >= 0.6 is 0 Å². The van der Waals surface area contributed by atoms with E-state index in [1.54, 1.807) is 0 Å². The number of rotatable bonds is 7. The SMILES string of the molecule is CC(C)CNC(=O)COC(=O)c1cccc(S(=O)(=O)N2CCCC[C@@H]2C)c1. The summed E-state index contributed by atoms with van der Waals surface area (Å²) >= 11 is 0. The second kappa shape index (κ2) is 9.32. The van der Waals surface area contributed by atoms with Crippen molar-refractivity contribution in [3.05, 3.63) is 29.8 Å². The molecule has 2 rings (SSSR count). The maximum absolute atomic E-state index is 12.9. The van der Waals surface area contributed by atoms with Crippen LogP contribution in [-0.2, 0) is 19.6 Å². The molecule has 0 aliphatic carbocycles. The largest absolute Gasteiger partial charge is 0.452 e. The van der Waals surface area contributed by atoms with E-state index in [9.17, 15) is 18.0 Å². The van der Waals surface area contributed by atoms with Crippen LogP contribution in [0.15, 0.2) is 29.2 Å². The second-order valence-electron chi connectivity index (χ2n) is 7.26. The molecule has 1 amide bonds. The Kier molecular flexibility index (Phi) is 7.38. The van der Waals surface area contributed by atoms with Gasteiger partial charge in [0.15, 0.2) is 6.61 Å². The summed E-state index contributed by atoms with van der Waals surface area (Å²) in [5, 5.41) is 2.65. The van der Waals surface area contributed by atoms with Gasteiger partial charge in [-0.05, 0) is 43.9 Å². The van der Waals surface area contributed by atoms with Gasteiger partial charge in [0.1, 0.15) is 0 Å². The van der Waals surface area contributed by atoms with E-state index >= 15 is 0 Å². The summed E-state index contributed by atoms with van der Waals surface area (Å²) in [7, 11) is -3.67. The molecule has 1 fully saturated rings. The zero-order valence-electron chi connectivity index (χ0n) is 16.1. The highest BCUT2D eigenvalue weighted by Gasteiger charge is 2.31. The van der Waals surface area contributed by atoms with Gasteiger partial charge in [0.2, 0.25) is 10.0 Å². The summed E-state index contributed by atoms with van der Waals surface area (Å²) in [4.78, 5) is 23.9. The summed E-state index contributed by atoms with van der Waals surface area (Å²) in [5.41, 5.74) is 0.109. The molecule has 0 aromatic heterocycles. The third-order valence-electron chi connectivity index (χ3n) is 4.46. The first-order valence-electron chi connectivity index (χ1n) is 9.27. The van der Waals surface area contributed by atoms with Gasteiger partial charge in [-0.2, -0.15) is 4.31 Å². The van der Waals surface area contributed by atoms with Crippen LogP contribution in [0.5, 0.6) is 0 Å². The fraction of sp³-hybridized carbons (Fsp3) is 0.579. The van der Waals surface area contributed by atoms with Crippen molar-refractivity contribution in [2.75, 3.05) is 19.7 Å². The van der Waals surface area contributed by atoms with Gasteiger partial charge in [-0.15, -0.1) is 0 Å². The number of ether oxygens (including phenoxy) is 1. The van der Waals surface area contributed by atoms with Crippen molar-refractivity contribution in [3.63, 3.8) is 0 Å². The Bertz CT molecular complexity index is 776. The number of esters is 1. The second-order valence-corrected chi connectivity index (χ2v) is 9.15. The number of hydrogen-bond acceptors (Lipinski definition) is 5. The standard InChI is InChI=1S/C19H28N2O5S/c1-14(2)12-20-18(22)13-26-19(23)16-8-6-9-17(11-16)27(24,25)21-10-5-4-7-15(21)3/h6,8-9,11,14-15H,4-5,7,10,12-13H2,1-3H3,(H,20,22)/t15-/m0/s1. The molecule has 0 bridgehead atoms. The Morgan fingerprint density at radius 1 is 1.30 bits per heavy atom. The van der Waals surface area contributed by atoms with E-state index < -0.39 is 22.6 Å². The van der Waals surface area contributed by atoms with Gasteiger partial charge >= 0.3 is 5.97 Å². The zero-order valence-corrected chi connectivity index (χ0v) is 16.9. The molecule has 1 aliphatic rings. The number of hydrogen-bond donors (Lipinski definition) is 1. The van der Waals surface area contributed by atoms with Crippen LogP contribution in [0.2, 0.25) is 0 Å². The first-order chi connectivity index (χ1) is 12.7. The molecule has 7 nitrogen and oxygen atoms in total. The molecule has 0 spiro atoms. The fourth-order valence-electron chi connectivity index (χ4n) is 2.93. The van der Waals surface area contributed by atoms with Crippen LogP contribution in [0.1, 0.15) is 50.4 Å². The Morgan fingerprint density at radius 2 is 2.04 bits per heavy atom. The highest BCUT2D eigenvalue weighted by molar-refractivity contribution is 7.89. The molecule has 27 heavy (non-hydrogen) atoms. The molecule has 8 heteroatoms. The van der Waals surface area contributed by atoms with Gasteiger partial charge in [-0.1, -0.05) is 26.3 Å². The predicted molar refractivity (Wildman–Crippen MR) is 102 cm³/mol. The molecule has 0 radical (unpaired) electrons. The Labute approximate surface area is 161 Å². The highest BCUT2D eigenvalue weighted by Crippen LogP contribution is 2.25. The molecule has 1 heterocycles. The summed E-state index contributed by atoms with van der Waals surface area (Å²) < 4.78 is 32.3. The molecule has 1 aliphatic heterocycles. The number of sulfonamides is 1. The molecule has 0 saturated carbocycles. The maximum Gasteiger partial charge on any atom is 0.338 e. The molecule has 1 aromatic rings. The van der Waals surface area contributed by atoms with Crippen LogP contribution in [-0.4, -0.2) is 50.3 Å². The quantitative estimate of drug-likeness (QED) is 0.713. The van der Waals surface area contributed by atoms with E-state index in [-0.39, 0.29) is 22.4 Å². The molecule has 1 atom stereocenters. The van der Waals surface area contributed by atoms with Crippen LogP contribution in [0.3, 0.4) is 0 Å². The molecule has 1 saturated heterocycles. The van der Waals surface area contributed by atoms with Crippen molar-refractivity contribution in [1.29, 1.82) is 0 Å². The number of benzene rings is 1. The number of nitrogens with one attached hydrogen (secondary N) is 1. The summed E-state index contributed by atoms with van der Waals surface area (Å²) in [5.74, 6) is -0.815. The minimum Gasteiger partial charge on any atom is -0.452 e. The average molecular weight is 397 g/mol. The smallest absolute Gasteiger partial charge is 0.338 e. The van der Waals surface area contributed by atoms with Crippen LogP contribution < -0.4 is 5.32 Å². The van der Waals surface area contributed by atoms with Crippen molar-refractivity contribution in [2.24, 2.45) is 5.92 Å². The zero-order chi connectivity index (χ0) is 20.0. The molecule has 0 unspecified atom stereocenters. The lowest BCUT2D eigenvalue weighted by atomic mass is 10.1. The van der Waals surface area contributed by atoms with Crippen LogP contribution in [0.4, 0.5) is 0 Å². The third-order valence-corrected chi connectivity index (χ3v) is 6.47. The highest BCUT2D eigenvalue weighted by atomic mass is 32.2. The van der Waals surface area contributed by atoms with E-state index in [0.29, 0.717) is 19.0 Å². The third kappa shape index (κ3) is 5.77. The van der Waals surface area contributed by atoms with E-state index in [2.05, 4.69) is 5.32 Å². The van der Waals surface area contributed by atoms with Gasteiger partial charge in [-0.3, -0.25) is 4.79 Å². The number of piperidine rings is 1. The molecule has 150 valence electrons. The number of amides is 1. The van der Waals surface area contributed by atoms with Gasteiger partial charge in [0, 0.05) is 19.1 Å². The Hall–Kier alpha value is -1.93. The molecular formula is C19H28N2O5S. The lowest BCUT2D eigenvalue weighted by Gasteiger charge is -2.32. The van der Waals surface area contributed by atoms with E-state index in [4.69, 9.17) is 4.74 Å². The first-order valence-corrected chi connectivity index (χ1v) is 10.7. The summed E-state index contributed by atoms with van der Waals surface area (Å²) in [6.45, 7) is 6.39. The first kappa shape index (κ1) is 21.4. The van der Waals surface area contributed by atoms with E-state index in [1.165, 1.54) is 28.6 Å². The molecule has 1 N–H and O–H groups in total. The lowest BCUT2D eigenvalue weighted by molar-refractivity contribution is -0.124. The topological polar surface area (TPSA) is 92.8 Å². The minimum atomic E-state index is -3.67. The van der Waals surface area contributed by atoms with Gasteiger partial charge in [-0.25, -0.2) is 13.2 Å². The summed E-state index contributed by atoms with van der Waals surface area (Å²) in [6, 6.07) is 5.71. The number of carbonyl (C=O) groups excluding carboxylic acids is 2. The van der Waals surface area contributed by atoms with E-state index in [0.717, 1.165) is 19.3 Å². The average Bonchev–Trinajstić information content (AvgIpc) is 2.64. The van der Waals surface area contributed by atoms with Crippen molar-refractivity contribution in [2.45, 2.75) is 51.0 Å². The van der Waals surface area contributed by atoms with Crippen molar-refractivity contribution >= 4 is 21.9 Å². The fourth-order valence-corrected chi connectivity index (χ4v) is 4.68. The summed E-state index contributed by atoms with van der Waals surface area (Å²) in [6.07, 6.45) is 2.67. The number of nitrogens with zero attached hydrogens (tertiary/aromatic N) is 1.